The molecule has 0 saturated carbocycles. The van der Waals surface area contributed by atoms with Gasteiger partial charge in [-0.15, -0.1) is 0 Å². The third-order valence-electron chi connectivity index (χ3n) is 7.00. The molecule has 4 heterocycles. The van der Waals surface area contributed by atoms with Crippen molar-refractivity contribution < 1.29 is 19.1 Å². The molecule has 0 aliphatic carbocycles. The zero-order valence-corrected chi connectivity index (χ0v) is 20.7. The number of hydrogen-bond donors (Lipinski definition) is 0. The third-order valence-corrected chi connectivity index (χ3v) is 7.00. The first-order valence-corrected chi connectivity index (χ1v) is 12.9. The Kier molecular flexibility index (Phi) is 7.46. The lowest BCUT2D eigenvalue weighted by molar-refractivity contribution is -0.151. The average Bonchev–Trinajstić information content (AvgIpc) is 3.34. The molecule has 9 nitrogen and oxygen atoms in total. The second kappa shape index (κ2) is 11.1. The summed E-state index contributed by atoms with van der Waals surface area (Å²) in [7, 11) is 0. The lowest BCUT2D eigenvalue weighted by Gasteiger charge is -2.34. The van der Waals surface area contributed by atoms with Crippen LogP contribution in [-0.4, -0.2) is 74.7 Å². The molecule has 36 heavy (non-hydrogen) atoms. The van der Waals surface area contributed by atoms with Gasteiger partial charge in [-0.1, -0.05) is 18.6 Å². The first-order valence-electron chi connectivity index (χ1n) is 12.9. The standard InChI is InChI=1S/C27H33N5O4/c1-2-35-27(34)24-9-3-4-13-31(24)19-20-7-5-8-22(17-20)36-21-10-15-30(16-11-21)26(33)23-18-29-32-14-6-12-28-25(23)32/h5-8,12,14,17-18,21,24H,2-4,9-11,13,15-16,19H2,1H3. The van der Waals surface area contributed by atoms with E-state index < -0.39 is 0 Å². The molecule has 0 spiro atoms. The third kappa shape index (κ3) is 5.36. The van der Waals surface area contributed by atoms with E-state index in [0.717, 1.165) is 50.0 Å². The van der Waals surface area contributed by atoms with E-state index in [0.29, 0.717) is 37.5 Å². The minimum Gasteiger partial charge on any atom is -0.490 e. The molecule has 2 fully saturated rings. The highest BCUT2D eigenvalue weighted by molar-refractivity contribution is 5.99. The van der Waals surface area contributed by atoms with Crippen molar-refractivity contribution in [1.29, 1.82) is 0 Å². The van der Waals surface area contributed by atoms with E-state index in [1.54, 1.807) is 29.2 Å². The number of benzene rings is 1. The Hall–Kier alpha value is -3.46. The van der Waals surface area contributed by atoms with Gasteiger partial charge in [-0.05, 0) is 50.1 Å². The van der Waals surface area contributed by atoms with Crippen molar-refractivity contribution in [3.8, 4) is 5.75 Å². The van der Waals surface area contributed by atoms with Gasteiger partial charge in [-0.3, -0.25) is 14.5 Å². The minimum absolute atomic E-state index is 0.0400. The number of carbonyl (C=O) groups is 2. The van der Waals surface area contributed by atoms with Gasteiger partial charge in [0, 0.05) is 44.9 Å². The van der Waals surface area contributed by atoms with Gasteiger partial charge in [0.2, 0.25) is 0 Å². The first kappa shape index (κ1) is 24.2. The van der Waals surface area contributed by atoms with Crippen LogP contribution in [0.25, 0.3) is 5.65 Å². The molecule has 5 rings (SSSR count). The molecule has 0 N–H and O–H groups in total. The van der Waals surface area contributed by atoms with Crippen LogP contribution in [0.2, 0.25) is 0 Å². The number of aromatic nitrogens is 3. The van der Waals surface area contributed by atoms with Gasteiger partial charge in [0.25, 0.3) is 5.91 Å². The van der Waals surface area contributed by atoms with Crippen molar-refractivity contribution in [1.82, 2.24) is 24.4 Å². The molecule has 1 atom stereocenters. The summed E-state index contributed by atoms with van der Waals surface area (Å²) in [5, 5.41) is 4.23. The fourth-order valence-electron chi connectivity index (χ4n) is 5.15. The number of fused-ring (bicyclic) bond motifs is 1. The van der Waals surface area contributed by atoms with Crippen molar-refractivity contribution in [2.75, 3.05) is 26.2 Å². The molecule has 9 heteroatoms. The Balaban J connectivity index is 1.17. The average molecular weight is 492 g/mol. The normalized spacial score (nSPS) is 19.4. The summed E-state index contributed by atoms with van der Waals surface area (Å²) in [5.41, 5.74) is 2.23. The summed E-state index contributed by atoms with van der Waals surface area (Å²) in [5.74, 6) is 0.668. The molecule has 1 amide bonds. The number of hydrogen-bond acceptors (Lipinski definition) is 7. The van der Waals surface area contributed by atoms with Gasteiger partial charge in [-0.2, -0.15) is 5.10 Å². The summed E-state index contributed by atoms with van der Waals surface area (Å²) in [6.45, 7) is 5.10. The molecule has 3 aromatic rings. The smallest absolute Gasteiger partial charge is 0.323 e. The van der Waals surface area contributed by atoms with Crippen LogP contribution in [0, 0.1) is 0 Å². The Bertz CT molecular complexity index is 1200. The van der Waals surface area contributed by atoms with Crippen LogP contribution in [0.5, 0.6) is 5.75 Å². The molecule has 0 bridgehead atoms. The SMILES string of the molecule is CCOC(=O)C1CCCCN1Cc1cccc(OC2CCN(C(=O)c3cnn4cccnc34)CC2)c1. The predicted molar refractivity (Wildman–Crippen MR) is 134 cm³/mol. The van der Waals surface area contributed by atoms with Crippen molar-refractivity contribution in [3.63, 3.8) is 0 Å². The van der Waals surface area contributed by atoms with E-state index >= 15 is 0 Å². The fraction of sp³-hybridized carbons (Fsp3) is 0.481. The Morgan fingerprint density at radius 2 is 1.94 bits per heavy atom. The van der Waals surface area contributed by atoms with Gasteiger partial charge in [0.15, 0.2) is 5.65 Å². The van der Waals surface area contributed by atoms with Crippen LogP contribution in [0.4, 0.5) is 0 Å². The summed E-state index contributed by atoms with van der Waals surface area (Å²) >= 11 is 0. The minimum atomic E-state index is -0.173. The van der Waals surface area contributed by atoms with Crippen LogP contribution in [0.15, 0.2) is 48.9 Å². The van der Waals surface area contributed by atoms with E-state index in [9.17, 15) is 9.59 Å². The summed E-state index contributed by atoms with van der Waals surface area (Å²) in [4.78, 5) is 33.8. The number of piperidine rings is 2. The number of ether oxygens (including phenoxy) is 2. The van der Waals surface area contributed by atoms with Crippen molar-refractivity contribution in [3.05, 3.63) is 60.0 Å². The Labute approximate surface area is 211 Å². The molecule has 1 unspecified atom stereocenters. The second-order valence-electron chi connectivity index (χ2n) is 9.44. The number of likely N-dealkylation sites (tertiary alicyclic amines) is 2. The highest BCUT2D eigenvalue weighted by atomic mass is 16.5. The van der Waals surface area contributed by atoms with E-state index in [2.05, 4.69) is 27.1 Å². The van der Waals surface area contributed by atoms with Gasteiger partial charge >= 0.3 is 5.97 Å². The van der Waals surface area contributed by atoms with Gasteiger partial charge in [0.05, 0.1) is 12.8 Å². The largest absolute Gasteiger partial charge is 0.490 e. The molecule has 190 valence electrons. The molecule has 2 aliphatic rings. The maximum Gasteiger partial charge on any atom is 0.323 e. The predicted octanol–water partition coefficient (Wildman–Crippen LogP) is 3.33. The highest BCUT2D eigenvalue weighted by Crippen LogP contribution is 2.25. The van der Waals surface area contributed by atoms with Crippen LogP contribution >= 0.6 is 0 Å². The van der Waals surface area contributed by atoms with Crippen molar-refractivity contribution in [2.45, 2.75) is 57.7 Å². The molecule has 2 saturated heterocycles. The maximum absolute atomic E-state index is 13.0. The first-order chi connectivity index (χ1) is 17.6. The topological polar surface area (TPSA) is 89.3 Å². The van der Waals surface area contributed by atoms with E-state index in [-0.39, 0.29) is 24.0 Å². The highest BCUT2D eigenvalue weighted by Gasteiger charge is 2.30. The zero-order valence-electron chi connectivity index (χ0n) is 20.7. The lowest BCUT2D eigenvalue weighted by atomic mass is 10.0. The molecular formula is C27H33N5O4. The molecule has 0 radical (unpaired) electrons. The van der Waals surface area contributed by atoms with E-state index in [1.165, 1.54) is 0 Å². The summed E-state index contributed by atoms with van der Waals surface area (Å²) < 4.78 is 13.2. The van der Waals surface area contributed by atoms with E-state index in [1.807, 2.05) is 24.0 Å². The van der Waals surface area contributed by atoms with Crippen LogP contribution < -0.4 is 4.74 Å². The van der Waals surface area contributed by atoms with E-state index in [4.69, 9.17) is 9.47 Å². The number of rotatable bonds is 7. The number of esters is 1. The Morgan fingerprint density at radius 1 is 1.08 bits per heavy atom. The molecule has 1 aromatic carbocycles. The lowest BCUT2D eigenvalue weighted by Crippen LogP contribution is -2.44. The number of amides is 1. The monoisotopic (exact) mass is 491 g/mol. The van der Waals surface area contributed by atoms with Crippen LogP contribution in [0.1, 0.15) is 54.9 Å². The van der Waals surface area contributed by atoms with Gasteiger partial charge in [0.1, 0.15) is 23.5 Å². The fourth-order valence-corrected chi connectivity index (χ4v) is 5.15. The van der Waals surface area contributed by atoms with Crippen molar-refractivity contribution >= 4 is 17.5 Å². The summed E-state index contributed by atoms with van der Waals surface area (Å²) in [6.07, 6.45) is 9.62. The van der Waals surface area contributed by atoms with Crippen LogP contribution in [0.3, 0.4) is 0 Å². The number of nitrogens with zero attached hydrogens (tertiary/aromatic N) is 5. The maximum atomic E-state index is 13.0. The molecule has 2 aliphatic heterocycles. The number of carbonyl (C=O) groups excluding carboxylic acids is 2. The quantitative estimate of drug-likeness (QED) is 0.469. The molecular weight excluding hydrogens is 458 g/mol. The zero-order chi connectivity index (χ0) is 24.9. The molecule has 2 aromatic heterocycles. The van der Waals surface area contributed by atoms with Crippen LogP contribution in [-0.2, 0) is 16.1 Å². The Morgan fingerprint density at radius 3 is 2.78 bits per heavy atom. The van der Waals surface area contributed by atoms with Gasteiger partial charge < -0.3 is 14.4 Å². The summed E-state index contributed by atoms with van der Waals surface area (Å²) in [6, 6.07) is 9.75. The van der Waals surface area contributed by atoms with Crippen molar-refractivity contribution in [2.24, 2.45) is 0 Å². The van der Waals surface area contributed by atoms with Gasteiger partial charge in [-0.25, -0.2) is 9.50 Å². The second-order valence-corrected chi connectivity index (χ2v) is 9.44.